The maximum absolute atomic E-state index is 11.9. The van der Waals surface area contributed by atoms with E-state index in [9.17, 15) is 18.0 Å². The first-order chi connectivity index (χ1) is 8.38. The van der Waals surface area contributed by atoms with E-state index in [-0.39, 0.29) is 12.5 Å². The zero-order valence-corrected chi connectivity index (χ0v) is 10.7. The molecule has 3 nitrogen and oxygen atoms in total. The number of nitrogens with one attached hydrogen (secondary N) is 1. The fraction of sp³-hybridized carbons (Fsp3) is 0.917. The lowest BCUT2D eigenvalue weighted by molar-refractivity contribution is -0.133. The summed E-state index contributed by atoms with van der Waals surface area (Å²) in [4.78, 5) is 13.1. The first kappa shape index (κ1) is 15.3. The second-order valence-electron chi connectivity index (χ2n) is 5.00. The van der Waals surface area contributed by atoms with Crippen LogP contribution < -0.4 is 5.32 Å². The molecule has 0 unspecified atom stereocenters. The molecule has 0 radical (unpaired) electrons. The van der Waals surface area contributed by atoms with Crippen molar-refractivity contribution in [3.63, 3.8) is 0 Å². The topological polar surface area (TPSA) is 32.3 Å². The van der Waals surface area contributed by atoms with Gasteiger partial charge in [0.2, 0.25) is 5.91 Å². The molecular formula is C12H21F3N2O. The van der Waals surface area contributed by atoms with Crippen molar-refractivity contribution in [3.05, 3.63) is 0 Å². The molecule has 0 saturated heterocycles. The number of carbonyl (C=O) groups is 1. The molecule has 18 heavy (non-hydrogen) atoms. The molecule has 1 aliphatic rings. The Balaban J connectivity index is 2.19. The van der Waals surface area contributed by atoms with Crippen LogP contribution in [0, 0.1) is 5.92 Å². The zero-order chi connectivity index (χ0) is 13.6. The molecule has 6 heteroatoms. The Kier molecular flexibility index (Phi) is 5.91. The van der Waals surface area contributed by atoms with Gasteiger partial charge in [-0.15, -0.1) is 0 Å². The fourth-order valence-corrected chi connectivity index (χ4v) is 2.30. The van der Waals surface area contributed by atoms with E-state index >= 15 is 0 Å². The summed E-state index contributed by atoms with van der Waals surface area (Å²) >= 11 is 0. The standard InChI is InChI=1S/C12H21F3N2O/c1-17(8-10-5-3-2-4-6-10)11(18)7-16-9-12(13,14)15/h10,16H,2-9H2,1H3. The Morgan fingerprint density at radius 2 is 1.89 bits per heavy atom. The lowest BCUT2D eigenvalue weighted by Crippen LogP contribution is -2.41. The number of hydrogen-bond donors (Lipinski definition) is 1. The molecule has 0 aromatic heterocycles. The van der Waals surface area contributed by atoms with Crippen molar-refractivity contribution in [2.75, 3.05) is 26.7 Å². The summed E-state index contributed by atoms with van der Waals surface area (Å²) in [7, 11) is 1.66. The van der Waals surface area contributed by atoms with Crippen molar-refractivity contribution in [1.82, 2.24) is 10.2 Å². The van der Waals surface area contributed by atoms with Crippen LogP contribution in [0.3, 0.4) is 0 Å². The van der Waals surface area contributed by atoms with Crippen LogP contribution >= 0.6 is 0 Å². The maximum Gasteiger partial charge on any atom is 0.401 e. The summed E-state index contributed by atoms with van der Waals surface area (Å²) < 4.78 is 35.7. The number of hydrogen-bond acceptors (Lipinski definition) is 2. The molecule has 1 fully saturated rings. The van der Waals surface area contributed by atoms with Gasteiger partial charge in [0.25, 0.3) is 0 Å². The third-order valence-electron chi connectivity index (χ3n) is 3.28. The van der Waals surface area contributed by atoms with Crippen LogP contribution in [0.2, 0.25) is 0 Å². The predicted molar refractivity (Wildman–Crippen MR) is 63.1 cm³/mol. The average Bonchev–Trinajstić information content (AvgIpc) is 2.28. The van der Waals surface area contributed by atoms with E-state index in [1.54, 1.807) is 11.9 Å². The third-order valence-corrected chi connectivity index (χ3v) is 3.28. The van der Waals surface area contributed by atoms with Gasteiger partial charge in [0, 0.05) is 13.6 Å². The third kappa shape index (κ3) is 6.23. The number of likely N-dealkylation sites (N-methyl/N-ethyl adjacent to an activating group) is 1. The second kappa shape index (κ2) is 6.97. The molecule has 0 aromatic rings. The van der Waals surface area contributed by atoms with Gasteiger partial charge in [-0.3, -0.25) is 4.79 Å². The van der Waals surface area contributed by atoms with Crippen LogP contribution in [-0.2, 0) is 4.79 Å². The lowest BCUT2D eigenvalue weighted by atomic mass is 9.89. The van der Waals surface area contributed by atoms with Crippen molar-refractivity contribution >= 4 is 5.91 Å². The number of rotatable bonds is 5. The number of alkyl halides is 3. The van der Waals surface area contributed by atoms with Gasteiger partial charge in [0.1, 0.15) is 0 Å². The minimum absolute atomic E-state index is 0.247. The van der Waals surface area contributed by atoms with E-state index in [1.807, 2.05) is 0 Å². The van der Waals surface area contributed by atoms with E-state index in [0.29, 0.717) is 12.5 Å². The first-order valence-electron chi connectivity index (χ1n) is 6.40. The molecule has 0 heterocycles. The number of halogens is 3. The Bertz CT molecular complexity index is 263. The Morgan fingerprint density at radius 1 is 1.28 bits per heavy atom. The van der Waals surface area contributed by atoms with Crippen molar-refractivity contribution in [3.8, 4) is 0 Å². The van der Waals surface area contributed by atoms with Crippen LogP contribution in [0.25, 0.3) is 0 Å². The average molecular weight is 266 g/mol. The summed E-state index contributed by atoms with van der Waals surface area (Å²) in [6.07, 6.45) is 1.61. The van der Waals surface area contributed by atoms with Crippen molar-refractivity contribution in [2.45, 2.75) is 38.3 Å². The molecule has 0 aliphatic heterocycles. The highest BCUT2D eigenvalue weighted by atomic mass is 19.4. The summed E-state index contributed by atoms with van der Waals surface area (Å²) in [5.41, 5.74) is 0. The Labute approximate surface area is 106 Å². The van der Waals surface area contributed by atoms with Crippen LogP contribution in [0.1, 0.15) is 32.1 Å². The number of carbonyl (C=O) groups excluding carboxylic acids is 1. The van der Waals surface area contributed by atoms with E-state index in [0.717, 1.165) is 12.8 Å². The van der Waals surface area contributed by atoms with Gasteiger partial charge in [0.15, 0.2) is 0 Å². The molecule has 0 atom stereocenters. The van der Waals surface area contributed by atoms with E-state index < -0.39 is 12.7 Å². The minimum atomic E-state index is -4.26. The van der Waals surface area contributed by atoms with Gasteiger partial charge in [0.05, 0.1) is 13.1 Å². The molecule has 1 aliphatic carbocycles. The van der Waals surface area contributed by atoms with Gasteiger partial charge in [-0.2, -0.15) is 13.2 Å². The van der Waals surface area contributed by atoms with Crippen molar-refractivity contribution in [2.24, 2.45) is 5.92 Å². The Hall–Kier alpha value is -0.780. The number of amides is 1. The van der Waals surface area contributed by atoms with E-state index in [2.05, 4.69) is 5.32 Å². The highest BCUT2D eigenvalue weighted by molar-refractivity contribution is 5.77. The second-order valence-corrected chi connectivity index (χ2v) is 5.00. The molecule has 106 valence electrons. The Morgan fingerprint density at radius 3 is 2.44 bits per heavy atom. The van der Waals surface area contributed by atoms with Gasteiger partial charge in [-0.25, -0.2) is 0 Å². The molecular weight excluding hydrogens is 245 g/mol. The van der Waals surface area contributed by atoms with Crippen molar-refractivity contribution in [1.29, 1.82) is 0 Å². The SMILES string of the molecule is CN(CC1CCCCC1)C(=O)CNCC(F)(F)F. The minimum Gasteiger partial charge on any atom is -0.344 e. The van der Waals surface area contributed by atoms with Gasteiger partial charge in [-0.05, 0) is 18.8 Å². The van der Waals surface area contributed by atoms with Crippen LogP contribution in [0.4, 0.5) is 13.2 Å². The monoisotopic (exact) mass is 266 g/mol. The lowest BCUT2D eigenvalue weighted by Gasteiger charge is -2.27. The number of nitrogens with zero attached hydrogens (tertiary/aromatic N) is 1. The first-order valence-corrected chi connectivity index (χ1v) is 6.40. The van der Waals surface area contributed by atoms with Crippen molar-refractivity contribution < 1.29 is 18.0 Å². The molecule has 0 aromatic carbocycles. The molecule has 1 N–H and O–H groups in total. The van der Waals surface area contributed by atoms with Gasteiger partial charge < -0.3 is 10.2 Å². The summed E-state index contributed by atoms with van der Waals surface area (Å²) in [5, 5.41) is 2.13. The van der Waals surface area contributed by atoms with Gasteiger partial charge in [-0.1, -0.05) is 19.3 Å². The van der Waals surface area contributed by atoms with E-state index in [4.69, 9.17) is 0 Å². The van der Waals surface area contributed by atoms with Gasteiger partial charge >= 0.3 is 6.18 Å². The zero-order valence-electron chi connectivity index (χ0n) is 10.7. The van der Waals surface area contributed by atoms with E-state index in [1.165, 1.54) is 19.3 Å². The van der Waals surface area contributed by atoms with Crippen LogP contribution in [0.5, 0.6) is 0 Å². The summed E-state index contributed by atoms with van der Waals surface area (Å²) in [5.74, 6) is 0.236. The summed E-state index contributed by atoms with van der Waals surface area (Å²) in [6.45, 7) is -0.703. The molecule has 0 bridgehead atoms. The predicted octanol–water partition coefficient (Wildman–Crippen LogP) is 2.18. The molecule has 0 spiro atoms. The summed E-state index contributed by atoms with van der Waals surface area (Å²) in [6, 6.07) is 0. The highest BCUT2D eigenvalue weighted by Crippen LogP contribution is 2.24. The fourth-order valence-electron chi connectivity index (χ4n) is 2.30. The molecule has 1 amide bonds. The van der Waals surface area contributed by atoms with Crippen LogP contribution in [-0.4, -0.2) is 43.7 Å². The normalized spacial score (nSPS) is 17.8. The molecule has 1 rings (SSSR count). The maximum atomic E-state index is 11.9. The van der Waals surface area contributed by atoms with Crippen LogP contribution in [0.15, 0.2) is 0 Å². The quantitative estimate of drug-likeness (QED) is 0.827. The highest BCUT2D eigenvalue weighted by Gasteiger charge is 2.27. The smallest absolute Gasteiger partial charge is 0.344 e. The largest absolute Gasteiger partial charge is 0.401 e. The molecule has 1 saturated carbocycles.